The second kappa shape index (κ2) is 4.15. The van der Waals surface area contributed by atoms with E-state index >= 15 is 0 Å². The smallest absolute Gasteiger partial charge is 0.489 e. The van der Waals surface area contributed by atoms with Gasteiger partial charge in [-0.3, -0.25) is 0 Å². The van der Waals surface area contributed by atoms with Crippen LogP contribution >= 0.6 is 0 Å². The van der Waals surface area contributed by atoms with E-state index in [4.69, 9.17) is 14.0 Å². The first-order valence-corrected chi connectivity index (χ1v) is 6.74. The van der Waals surface area contributed by atoms with E-state index in [1.165, 1.54) is 0 Å². The van der Waals surface area contributed by atoms with Crippen LogP contribution in [0.5, 0.6) is 5.75 Å². The molecule has 2 aliphatic heterocycles. The van der Waals surface area contributed by atoms with Crippen molar-refractivity contribution in [2.45, 2.75) is 44.9 Å². The van der Waals surface area contributed by atoms with Gasteiger partial charge in [-0.2, -0.15) is 0 Å². The maximum Gasteiger partial charge on any atom is 0.503 e. The van der Waals surface area contributed by atoms with Crippen molar-refractivity contribution in [1.82, 2.24) is 0 Å². The number of benzene rings is 1. The molecule has 2 heterocycles. The SMILES string of the molecule is CC1(C)OB(C2CNc3ccccc3O2)OC1(C)C. The second-order valence-corrected chi connectivity index (χ2v) is 6.16. The molecule has 1 N–H and O–H groups in total. The zero-order chi connectivity index (χ0) is 13.7. The number of rotatable bonds is 1. The Bertz CT molecular complexity index is 473. The van der Waals surface area contributed by atoms with Crippen molar-refractivity contribution >= 4 is 12.8 Å². The molecular weight excluding hydrogens is 241 g/mol. The van der Waals surface area contributed by atoms with E-state index in [1.54, 1.807) is 0 Å². The lowest BCUT2D eigenvalue weighted by atomic mass is 9.80. The van der Waals surface area contributed by atoms with Crippen LogP contribution in [0.25, 0.3) is 0 Å². The highest BCUT2D eigenvalue weighted by atomic mass is 16.7. The Morgan fingerprint density at radius 2 is 1.74 bits per heavy atom. The van der Waals surface area contributed by atoms with Crippen molar-refractivity contribution in [2.75, 3.05) is 11.9 Å². The highest BCUT2D eigenvalue weighted by Crippen LogP contribution is 2.39. The van der Waals surface area contributed by atoms with Crippen LogP contribution < -0.4 is 10.1 Å². The number of anilines is 1. The highest BCUT2D eigenvalue weighted by molar-refractivity contribution is 6.47. The first-order valence-electron chi connectivity index (χ1n) is 6.74. The van der Waals surface area contributed by atoms with Gasteiger partial charge in [0.25, 0.3) is 0 Å². The molecule has 1 atom stereocenters. The Labute approximate surface area is 114 Å². The molecule has 0 radical (unpaired) electrons. The van der Waals surface area contributed by atoms with E-state index in [2.05, 4.69) is 33.0 Å². The van der Waals surface area contributed by atoms with Gasteiger partial charge in [-0.1, -0.05) is 12.1 Å². The number of fused-ring (bicyclic) bond motifs is 1. The summed E-state index contributed by atoms with van der Waals surface area (Å²) in [6, 6.07) is 7.79. The fourth-order valence-corrected chi connectivity index (χ4v) is 2.32. The average Bonchev–Trinajstić information content (AvgIpc) is 2.58. The van der Waals surface area contributed by atoms with E-state index in [-0.39, 0.29) is 24.3 Å². The number of para-hydroxylation sites is 2. The van der Waals surface area contributed by atoms with Gasteiger partial charge in [-0.15, -0.1) is 0 Å². The number of hydrogen-bond acceptors (Lipinski definition) is 4. The van der Waals surface area contributed by atoms with Crippen LogP contribution in [0.1, 0.15) is 27.7 Å². The maximum atomic E-state index is 6.03. The summed E-state index contributed by atoms with van der Waals surface area (Å²) in [5.41, 5.74) is 0.381. The molecule has 0 amide bonds. The van der Waals surface area contributed by atoms with Gasteiger partial charge >= 0.3 is 7.12 Å². The summed E-state index contributed by atoms with van der Waals surface area (Å²) >= 11 is 0. The standard InChI is InChI=1S/C14H20BNO3/c1-13(2)14(3,4)19-15(18-13)12-9-16-10-7-5-6-8-11(10)17-12/h5-8,12,16H,9H2,1-4H3. The van der Waals surface area contributed by atoms with Gasteiger partial charge in [0.05, 0.1) is 23.4 Å². The van der Waals surface area contributed by atoms with Crippen LogP contribution in [0, 0.1) is 0 Å². The summed E-state index contributed by atoms with van der Waals surface area (Å²) in [6.07, 6.45) is 0. The molecule has 1 unspecified atom stereocenters. The summed E-state index contributed by atoms with van der Waals surface area (Å²) in [5, 5.41) is 3.36. The third-order valence-corrected chi connectivity index (χ3v) is 4.23. The Morgan fingerprint density at radius 3 is 2.42 bits per heavy atom. The first-order chi connectivity index (χ1) is 8.89. The minimum absolute atomic E-state index is 0.129. The number of ether oxygens (including phenoxy) is 1. The monoisotopic (exact) mass is 261 g/mol. The van der Waals surface area contributed by atoms with E-state index in [1.807, 2.05) is 24.3 Å². The molecule has 2 aliphatic rings. The third-order valence-electron chi connectivity index (χ3n) is 4.23. The van der Waals surface area contributed by atoms with Gasteiger partial charge < -0.3 is 19.4 Å². The number of hydrogen-bond donors (Lipinski definition) is 1. The van der Waals surface area contributed by atoms with Crippen LogP contribution in [0.2, 0.25) is 0 Å². The topological polar surface area (TPSA) is 39.7 Å². The van der Waals surface area contributed by atoms with E-state index in [0.717, 1.165) is 11.4 Å². The van der Waals surface area contributed by atoms with Gasteiger partial charge in [0.2, 0.25) is 0 Å². The Morgan fingerprint density at radius 1 is 1.11 bits per heavy atom. The van der Waals surface area contributed by atoms with Crippen molar-refractivity contribution in [3.05, 3.63) is 24.3 Å². The first kappa shape index (κ1) is 12.8. The molecule has 0 bridgehead atoms. The summed E-state index contributed by atoms with van der Waals surface area (Å²) in [4.78, 5) is 0. The van der Waals surface area contributed by atoms with Gasteiger partial charge in [-0.05, 0) is 39.8 Å². The predicted octanol–water partition coefficient (Wildman–Crippen LogP) is 2.49. The molecule has 5 heteroatoms. The Kier molecular flexibility index (Phi) is 2.80. The van der Waals surface area contributed by atoms with Gasteiger partial charge in [0.1, 0.15) is 5.75 Å². The lowest BCUT2D eigenvalue weighted by molar-refractivity contribution is 0.00578. The Balaban J connectivity index is 1.77. The molecule has 1 fully saturated rings. The van der Waals surface area contributed by atoms with E-state index < -0.39 is 0 Å². The molecule has 0 spiro atoms. The summed E-state index contributed by atoms with van der Waals surface area (Å²) in [7, 11) is -0.342. The molecule has 4 nitrogen and oxygen atoms in total. The molecule has 0 aliphatic carbocycles. The van der Waals surface area contributed by atoms with Gasteiger partial charge in [0.15, 0.2) is 6.00 Å². The Hall–Kier alpha value is -1.20. The molecule has 3 rings (SSSR count). The molecular formula is C14H20BNO3. The van der Waals surface area contributed by atoms with Crippen LogP contribution in [-0.2, 0) is 9.31 Å². The fraction of sp³-hybridized carbons (Fsp3) is 0.571. The fourth-order valence-electron chi connectivity index (χ4n) is 2.32. The molecule has 102 valence electrons. The molecule has 1 aromatic carbocycles. The van der Waals surface area contributed by atoms with Gasteiger partial charge in [0, 0.05) is 0 Å². The second-order valence-electron chi connectivity index (χ2n) is 6.16. The average molecular weight is 261 g/mol. The molecule has 1 saturated heterocycles. The summed E-state index contributed by atoms with van der Waals surface area (Å²) < 4.78 is 18.1. The number of nitrogens with one attached hydrogen (secondary N) is 1. The quantitative estimate of drug-likeness (QED) is 0.788. The normalized spacial score (nSPS) is 27.4. The minimum Gasteiger partial charge on any atom is -0.489 e. The van der Waals surface area contributed by atoms with Crippen LogP contribution in [0.3, 0.4) is 0 Å². The van der Waals surface area contributed by atoms with Crippen molar-refractivity contribution in [1.29, 1.82) is 0 Å². The maximum absolute atomic E-state index is 6.03. The molecule has 19 heavy (non-hydrogen) atoms. The largest absolute Gasteiger partial charge is 0.503 e. The lowest BCUT2D eigenvalue weighted by Gasteiger charge is -2.32. The van der Waals surface area contributed by atoms with Crippen LogP contribution in [-0.4, -0.2) is 30.9 Å². The minimum atomic E-state index is -0.342. The lowest BCUT2D eigenvalue weighted by Crippen LogP contribution is -2.45. The van der Waals surface area contributed by atoms with Gasteiger partial charge in [-0.25, -0.2) is 0 Å². The van der Waals surface area contributed by atoms with Crippen molar-refractivity contribution in [2.24, 2.45) is 0 Å². The summed E-state index contributed by atoms with van der Waals surface area (Å²) in [5.74, 6) is 0.855. The van der Waals surface area contributed by atoms with E-state index in [0.29, 0.717) is 6.54 Å². The zero-order valence-corrected chi connectivity index (χ0v) is 11.9. The van der Waals surface area contributed by atoms with Crippen LogP contribution in [0.4, 0.5) is 5.69 Å². The molecule has 1 aromatic rings. The van der Waals surface area contributed by atoms with Crippen molar-refractivity contribution in [3.63, 3.8) is 0 Å². The molecule has 0 aromatic heterocycles. The van der Waals surface area contributed by atoms with Crippen LogP contribution in [0.15, 0.2) is 24.3 Å². The highest BCUT2D eigenvalue weighted by Gasteiger charge is 2.55. The van der Waals surface area contributed by atoms with Crippen molar-refractivity contribution in [3.8, 4) is 5.75 Å². The predicted molar refractivity (Wildman–Crippen MR) is 75.4 cm³/mol. The zero-order valence-electron chi connectivity index (χ0n) is 11.9. The third kappa shape index (κ3) is 2.11. The summed E-state index contributed by atoms with van der Waals surface area (Å²) in [6.45, 7) is 8.90. The molecule has 0 saturated carbocycles. The van der Waals surface area contributed by atoms with Crippen molar-refractivity contribution < 1.29 is 14.0 Å². The van der Waals surface area contributed by atoms with E-state index in [9.17, 15) is 0 Å².